The number of aryl methyl sites for hydroxylation is 1. The lowest BCUT2D eigenvalue weighted by molar-refractivity contribution is -0.160. The highest BCUT2D eigenvalue weighted by molar-refractivity contribution is 6.30. The number of esters is 1. The molecule has 3 rings (SSSR count). The molecule has 0 saturated carbocycles. The maximum absolute atomic E-state index is 12.4. The molecular weight excluding hydrogens is 366 g/mol. The fraction of sp³-hybridized carbons (Fsp3) is 0.333. The molecule has 0 spiro atoms. The van der Waals surface area contributed by atoms with Gasteiger partial charge in [0.15, 0.2) is 6.10 Å². The first-order chi connectivity index (χ1) is 12.9. The van der Waals surface area contributed by atoms with Gasteiger partial charge in [-0.1, -0.05) is 41.4 Å². The van der Waals surface area contributed by atoms with Crippen LogP contribution in [-0.2, 0) is 27.3 Å². The van der Waals surface area contributed by atoms with Gasteiger partial charge in [-0.2, -0.15) is 0 Å². The molecule has 0 aliphatic carbocycles. The molecule has 0 fully saturated rings. The van der Waals surface area contributed by atoms with Crippen LogP contribution in [0.3, 0.4) is 0 Å². The van der Waals surface area contributed by atoms with E-state index in [4.69, 9.17) is 21.1 Å². The largest absolute Gasteiger partial charge is 0.492 e. The van der Waals surface area contributed by atoms with Crippen molar-refractivity contribution in [1.29, 1.82) is 0 Å². The lowest BCUT2D eigenvalue weighted by Crippen LogP contribution is -2.38. The Kier molecular flexibility index (Phi) is 6.01. The first kappa shape index (κ1) is 19.2. The lowest BCUT2D eigenvalue weighted by atomic mass is 9.97. The van der Waals surface area contributed by atoms with Crippen molar-refractivity contribution >= 4 is 23.5 Å². The fourth-order valence-corrected chi connectivity index (χ4v) is 3.07. The van der Waals surface area contributed by atoms with Crippen molar-refractivity contribution in [3.8, 4) is 5.75 Å². The molecule has 2 aromatic carbocycles. The van der Waals surface area contributed by atoms with Gasteiger partial charge < -0.3 is 14.8 Å². The molecule has 142 valence electrons. The van der Waals surface area contributed by atoms with Crippen LogP contribution in [0.5, 0.6) is 5.75 Å². The Morgan fingerprint density at radius 3 is 2.74 bits per heavy atom. The average Bonchev–Trinajstić information content (AvgIpc) is 2.66. The molecule has 1 aliphatic rings. The van der Waals surface area contributed by atoms with Crippen LogP contribution in [0.15, 0.2) is 42.5 Å². The number of ether oxygens (including phenoxy) is 2. The van der Waals surface area contributed by atoms with Gasteiger partial charge in [-0.3, -0.25) is 9.59 Å². The summed E-state index contributed by atoms with van der Waals surface area (Å²) < 4.78 is 10.9. The topological polar surface area (TPSA) is 64.6 Å². The van der Waals surface area contributed by atoms with Gasteiger partial charge in [0, 0.05) is 11.6 Å². The van der Waals surface area contributed by atoms with Crippen LogP contribution >= 0.6 is 11.6 Å². The smallest absolute Gasteiger partial charge is 0.313 e. The molecule has 2 aromatic rings. The van der Waals surface area contributed by atoms with Gasteiger partial charge in [0.1, 0.15) is 12.4 Å². The molecule has 1 N–H and O–H groups in total. The van der Waals surface area contributed by atoms with Crippen molar-refractivity contribution in [2.45, 2.75) is 32.9 Å². The monoisotopic (exact) mass is 387 g/mol. The molecule has 1 heterocycles. The first-order valence-corrected chi connectivity index (χ1v) is 9.25. The second kappa shape index (κ2) is 8.44. The third kappa shape index (κ3) is 5.01. The van der Waals surface area contributed by atoms with E-state index in [2.05, 4.69) is 5.32 Å². The van der Waals surface area contributed by atoms with Crippen LogP contribution in [0.4, 0.5) is 0 Å². The number of carbonyl (C=O) groups is 2. The highest BCUT2D eigenvalue weighted by Crippen LogP contribution is 2.30. The third-order valence-electron chi connectivity index (χ3n) is 4.51. The standard InChI is InChI=1S/C21H22ClNO4/c1-13-3-5-15(6-4-13)11-23-20(24)14(2)27-21(25)17-9-16-10-18(22)7-8-19(16)26-12-17/h3-8,10,14,17H,9,11-12H2,1-2H3,(H,23,24)/t14-,17+/m1/s1. The number of rotatable bonds is 5. The van der Waals surface area contributed by atoms with E-state index in [0.717, 1.165) is 22.4 Å². The summed E-state index contributed by atoms with van der Waals surface area (Å²) in [5, 5.41) is 3.38. The molecule has 0 unspecified atom stereocenters. The molecule has 5 nitrogen and oxygen atoms in total. The van der Waals surface area contributed by atoms with Crippen LogP contribution in [0, 0.1) is 12.8 Å². The van der Waals surface area contributed by atoms with E-state index in [-0.39, 0.29) is 12.5 Å². The fourth-order valence-electron chi connectivity index (χ4n) is 2.88. The maximum atomic E-state index is 12.4. The minimum absolute atomic E-state index is 0.227. The SMILES string of the molecule is Cc1ccc(CNC(=O)[C@@H](C)OC(=O)[C@@H]2COc3ccc(Cl)cc3C2)cc1. The van der Waals surface area contributed by atoms with E-state index in [1.54, 1.807) is 25.1 Å². The summed E-state index contributed by atoms with van der Waals surface area (Å²) in [5.74, 6) is -0.502. The van der Waals surface area contributed by atoms with Crippen LogP contribution in [0.2, 0.25) is 5.02 Å². The van der Waals surface area contributed by atoms with Gasteiger partial charge in [-0.25, -0.2) is 0 Å². The quantitative estimate of drug-likeness (QED) is 0.798. The molecule has 0 radical (unpaired) electrons. The van der Waals surface area contributed by atoms with E-state index in [0.29, 0.717) is 18.0 Å². The van der Waals surface area contributed by atoms with Gasteiger partial charge in [0.25, 0.3) is 5.91 Å². The average molecular weight is 388 g/mol. The summed E-state index contributed by atoms with van der Waals surface area (Å²) in [4.78, 5) is 24.6. The number of fused-ring (bicyclic) bond motifs is 1. The number of halogens is 1. The van der Waals surface area contributed by atoms with Crippen LogP contribution in [0.25, 0.3) is 0 Å². The lowest BCUT2D eigenvalue weighted by Gasteiger charge is -2.25. The van der Waals surface area contributed by atoms with E-state index in [1.165, 1.54) is 0 Å². The summed E-state index contributed by atoms with van der Waals surface area (Å²) in [6.45, 7) is 4.19. The molecule has 27 heavy (non-hydrogen) atoms. The van der Waals surface area contributed by atoms with Gasteiger partial charge in [0.2, 0.25) is 0 Å². The Morgan fingerprint density at radius 1 is 1.26 bits per heavy atom. The van der Waals surface area contributed by atoms with E-state index in [9.17, 15) is 9.59 Å². The van der Waals surface area contributed by atoms with E-state index in [1.807, 2.05) is 31.2 Å². The van der Waals surface area contributed by atoms with Crippen LogP contribution in [0.1, 0.15) is 23.6 Å². The molecule has 2 atom stereocenters. The van der Waals surface area contributed by atoms with E-state index < -0.39 is 18.0 Å². The maximum Gasteiger partial charge on any atom is 0.313 e. The van der Waals surface area contributed by atoms with Crippen molar-refractivity contribution in [3.63, 3.8) is 0 Å². The van der Waals surface area contributed by atoms with Gasteiger partial charge in [-0.05, 0) is 49.6 Å². The van der Waals surface area contributed by atoms with Crippen molar-refractivity contribution in [2.75, 3.05) is 6.61 Å². The Hall–Kier alpha value is -2.53. The highest BCUT2D eigenvalue weighted by Gasteiger charge is 2.30. The molecule has 0 bridgehead atoms. The predicted octanol–water partition coefficient (Wildman–Crippen LogP) is 3.45. The summed E-state index contributed by atoms with van der Waals surface area (Å²) in [7, 11) is 0. The molecular formula is C21H22ClNO4. The normalized spacial score (nSPS) is 16.6. The summed E-state index contributed by atoms with van der Waals surface area (Å²) in [5.41, 5.74) is 3.01. The Labute approximate surface area is 163 Å². The molecule has 1 aliphatic heterocycles. The number of nitrogens with one attached hydrogen (secondary N) is 1. The highest BCUT2D eigenvalue weighted by atomic mass is 35.5. The van der Waals surface area contributed by atoms with Gasteiger partial charge in [-0.15, -0.1) is 0 Å². The van der Waals surface area contributed by atoms with Gasteiger partial charge >= 0.3 is 5.97 Å². The number of hydrogen-bond acceptors (Lipinski definition) is 4. The number of hydrogen-bond donors (Lipinski definition) is 1. The number of benzene rings is 2. The summed E-state index contributed by atoms with van der Waals surface area (Å²) in [6, 6.07) is 13.2. The number of amides is 1. The van der Waals surface area contributed by atoms with Crippen LogP contribution in [-0.4, -0.2) is 24.6 Å². The molecule has 0 saturated heterocycles. The minimum Gasteiger partial charge on any atom is -0.492 e. The minimum atomic E-state index is -0.872. The second-order valence-corrected chi connectivity index (χ2v) is 7.18. The van der Waals surface area contributed by atoms with E-state index >= 15 is 0 Å². The van der Waals surface area contributed by atoms with Crippen molar-refractivity contribution < 1.29 is 19.1 Å². The van der Waals surface area contributed by atoms with Crippen molar-refractivity contribution in [3.05, 3.63) is 64.2 Å². The zero-order valence-corrected chi connectivity index (χ0v) is 16.1. The Balaban J connectivity index is 1.51. The Bertz CT molecular complexity index is 835. The second-order valence-electron chi connectivity index (χ2n) is 6.75. The van der Waals surface area contributed by atoms with Crippen molar-refractivity contribution in [1.82, 2.24) is 5.32 Å². The molecule has 1 amide bonds. The van der Waals surface area contributed by atoms with Gasteiger partial charge in [0.05, 0.1) is 5.92 Å². The molecule has 6 heteroatoms. The summed E-state index contributed by atoms with van der Waals surface area (Å²) >= 11 is 6.00. The van der Waals surface area contributed by atoms with Crippen molar-refractivity contribution in [2.24, 2.45) is 5.92 Å². The first-order valence-electron chi connectivity index (χ1n) is 8.87. The summed E-state index contributed by atoms with van der Waals surface area (Å²) in [6.07, 6.45) is -0.393. The zero-order chi connectivity index (χ0) is 19.4. The Morgan fingerprint density at radius 2 is 2.00 bits per heavy atom. The van der Waals surface area contributed by atoms with Crippen LogP contribution < -0.4 is 10.1 Å². The number of carbonyl (C=O) groups excluding carboxylic acids is 2. The predicted molar refractivity (Wildman–Crippen MR) is 103 cm³/mol. The molecule has 0 aromatic heterocycles. The zero-order valence-electron chi connectivity index (χ0n) is 15.3. The third-order valence-corrected chi connectivity index (χ3v) is 4.75.